The van der Waals surface area contributed by atoms with Crippen LogP contribution in [0.3, 0.4) is 0 Å². The zero-order valence-electron chi connectivity index (χ0n) is 19.3. The Bertz CT molecular complexity index is 1260. The number of benzene rings is 3. The average Bonchev–Trinajstić information content (AvgIpc) is 3.14. The van der Waals surface area contributed by atoms with Crippen LogP contribution in [0.25, 0.3) is 11.1 Å². The minimum Gasteiger partial charge on any atom is -0.481 e. The fraction of sp³-hybridized carbons (Fsp3) is 0.222. The van der Waals surface area contributed by atoms with Crippen LogP contribution in [0.5, 0.6) is 0 Å². The Morgan fingerprint density at radius 3 is 2.17 bits per heavy atom. The van der Waals surface area contributed by atoms with Crippen LogP contribution in [0, 0.1) is 8.99 Å². The van der Waals surface area contributed by atoms with Crippen LogP contribution in [0.1, 0.15) is 41.3 Å². The number of carboxylic acid groups (broad SMARTS) is 1. The van der Waals surface area contributed by atoms with Crippen LogP contribution in [0.4, 0.5) is 10.5 Å². The standard InChI is InChI=1S/C27H25IN2O5/c1-27(2,25(32)33)15-29-24(31)16-11-17(28)13-18(12-16)30-26(34)35-14-23-21-9-5-3-7-19(21)20-8-4-6-10-22(20)23/h3-13,23H,14-15H2,1-2H3,(H,29,31)(H,30,34)(H,32,33). The minimum atomic E-state index is -1.10. The molecule has 0 unspecified atom stereocenters. The summed E-state index contributed by atoms with van der Waals surface area (Å²) in [7, 11) is 0. The normalized spacial score (nSPS) is 12.4. The number of nitrogens with one attached hydrogen (secondary N) is 2. The van der Waals surface area contributed by atoms with Gasteiger partial charge in [0.15, 0.2) is 0 Å². The van der Waals surface area contributed by atoms with E-state index in [1.54, 1.807) is 12.1 Å². The maximum absolute atomic E-state index is 12.6. The van der Waals surface area contributed by atoms with E-state index in [1.807, 2.05) is 24.3 Å². The van der Waals surface area contributed by atoms with E-state index in [9.17, 15) is 19.5 Å². The third-order valence-corrected chi connectivity index (χ3v) is 6.64. The smallest absolute Gasteiger partial charge is 0.411 e. The Kier molecular flexibility index (Phi) is 7.11. The maximum atomic E-state index is 12.6. The van der Waals surface area contributed by atoms with E-state index in [4.69, 9.17) is 4.74 Å². The molecule has 3 N–H and O–H groups in total. The lowest BCUT2D eigenvalue weighted by Gasteiger charge is -2.19. The molecule has 0 bridgehead atoms. The predicted molar refractivity (Wildman–Crippen MR) is 142 cm³/mol. The molecule has 4 rings (SSSR count). The topological polar surface area (TPSA) is 105 Å². The van der Waals surface area contributed by atoms with Crippen molar-refractivity contribution in [3.8, 4) is 11.1 Å². The van der Waals surface area contributed by atoms with E-state index in [1.165, 1.54) is 19.9 Å². The second-order valence-electron chi connectivity index (χ2n) is 9.05. The molecule has 8 heteroatoms. The van der Waals surface area contributed by atoms with Gasteiger partial charge in [-0.3, -0.25) is 14.9 Å². The summed E-state index contributed by atoms with van der Waals surface area (Å²) in [5.41, 5.74) is 4.18. The number of halogens is 1. The first-order chi connectivity index (χ1) is 16.7. The Morgan fingerprint density at radius 2 is 1.57 bits per heavy atom. The highest BCUT2D eigenvalue weighted by atomic mass is 127. The van der Waals surface area contributed by atoms with Crippen molar-refractivity contribution >= 4 is 46.2 Å². The first-order valence-corrected chi connectivity index (χ1v) is 12.2. The largest absolute Gasteiger partial charge is 0.481 e. The van der Waals surface area contributed by atoms with E-state index in [-0.39, 0.29) is 19.1 Å². The highest BCUT2D eigenvalue weighted by Crippen LogP contribution is 2.44. The highest BCUT2D eigenvalue weighted by molar-refractivity contribution is 14.1. The molecule has 7 nitrogen and oxygen atoms in total. The molecule has 0 spiro atoms. The van der Waals surface area contributed by atoms with Gasteiger partial charge in [-0.05, 0) is 76.9 Å². The Morgan fingerprint density at radius 1 is 0.971 bits per heavy atom. The summed E-state index contributed by atoms with van der Waals surface area (Å²) in [6, 6.07) is 21.1. The Balaban J connectivity index is 1.41. The summed E-state index contributed by atoms with van der Waals surface area (Å²) in [6.07, 6.45) is -0.618. The third kappa shape index (κ3) is 5.48. The van der Waals surface area contributed by atoms with E-state index in [2.05, 4.69) is 57.5 Å². The van der Waals surface area contributed by atoms with Crippen molar-refractivity contribution in [1.29, 1.82) is 0 Å². The van der Waals surface area contributed by atoms with E-state index in [0.717, 1.165) is 25.8 Å². The number of hydrogen-bond acceptors (Lipinski definition) is 4. The van der Waals surface area contributed by atoms with Crippen molar-refractivity contribution in [2.45, 2.75) is 19.8 Å². The van der Waals surface area contributed by atoms with Crippen LogP contribution in [-0.2, 0) is 9.53 Å². The molecule has 0 radical (unpaired) electrons. The number of fused-ring (bicyclic) bond motifs is 3. The van der Waals surface area contributed by atoms with Gasteiger partial charge in [0.25, 0.3) is 5.91 Å². The van der Waals surface area contributed by atoms with Crippen molar-refractivity contribution < 1.29 is 24.2 Å². The molecule has 0 saturated carbocycles. The predicted octanol–water partition coefficient (Wildman–Crippen LogP) is 5.49. The maximum Gasteiger partial charge on any atom is 0.411 e. The SMILES string of the molecule is CC(C)(CNC(=O)c1cc(I)cc(NC(=O)OCC2c3ccccc3-c3ccccc32)c1)C(=O)O. The first kappa shape index (κ1) is 24.7. The van der Waals surface area contributed by atoms with Gasteiger partial charge >= 0.3 is 12.1 Å². The van der Waals surface area contributed by atoms with Crippen LogP contribution >= 0.6 is 22.6 Å². The Hall–Kier alpha value is -3.40. The molecule has 180 valence electrons. The van der Waals surface area contributed by atoms with Crippen molar-refractivity contribution in [2.24, 2.45) is 5.41 Å². The molecule has 2 amide bonds. The lowest BCUT2D eigenvalue weighted by Crippen LogP contribution is -2.38. The monoisotopic (exact) mass is 584 g/mol. The first-order valence-electron chi connectivity index (χ1n) is 11.1. The summed E-state index contributed by atoms with van der Waals surface area (Å²) in [4.78, 5) is 36.5. The number of carbonyl (C=O) groups is 3. The van der Waals surface area contributed by atoms with Crippen LogP contribution in [0.2, 0.25) is 0 Å². The van der Waals surface area contributed by atoms with Crippen LogP contribution < -0.4 is 10.6 Å². The number of carboxylic acids is 1. The number of aliphatic carboxylic acids is 1. The molecule has 0 atom stereocenters. The zero-order valence-corrected chi connectivity index (χ0v) is 21.5. The number of hydrogen-bond donors (Lipinski definition) is 3. The highest BCUT2D eigenvalue weighted by Gasteiger charge is 2.29. The number of rotatable bonds is 7. The molecule has 3 aromatic rings. The lowest BCUT2D eigenvalue weighted by atomic mass is 9.94. The molecule has 0 aliphatic heterocycles. The summed E-state index contributed by atoms with van der Waals surface area (Å²) in [5.74, 6) is -1.48. The average molecular weight is 584 g/mol. The molecule has 3 aromatic carbocycles. The van der Waals surface area contributed by atoms with E-state index < -0.39 is 23.4 Å². The van der Waals surface area contributed by atoms with Gasteiger partial charge in [0.1, 0.15) is 6.61 Å². The molecule has 1 aliphatic carbocycles. The molecule has 35 heavy (non-hydrogen) atoms. The number of anilines is 1. The number of amides is 2. The summed E-state index contributed by atoms with van der Waals surface area (Å²) in [5, 5.41) is 14.6. The molecule has 0 saturated heterocycles. The van der Waals surface area contributed by atoms with Gasteiger partial charge in [-0.2, -0.15) is 0 Å². The van der Waals surface area contributed by atoms with Crippen molar-refractivity contribution in [3.05, 3.63) is 87.0 Å². The van der Waals surface area contributed by atoms with E-state index in [0.29, 0.717) is 11.3 Å². The molecule has 0 heterocycles. The number of carbonyl (C=O) groups excluding carboxylic acids is 2. The third-order valence-electron chi connectivity index (χ3n) is 6.02. The zero-order chi connectivity index (χ0) is 25.2. The Labute approximate surface area is 217 Å². The lowest BCUT2D eigenvalue weighted by molar-refractivity contribution is -0.146. The summed E-state index contributed by atoms with van der Waals surface area (Å²) in [6.45, 7) is 3.23. The summed E-state index contributed by atoms with van der Waals surface area (Å²) < 4.78 is 6.32. The molecular formula is C27H25IN2O5. The van der Waals surface area contributed by atoms with Gasteiger partial charge < -0.3 is 15.2 Å². The van der Waals surface area contributed by atoms with Gasteiger partial charge in [-0.15, -0.1) is 0 Å². The van der Waals surface area contributed by atoms with Crippen molar-refractivity contribution in [1.82, 2.24) is 5.32 Å². The van der Waals surface area contributed by atoms with Crippen molar-refractivity contribution in [3.63, 3.8) is 0 Å². The number of ether oxygens (including phenoxy) is 1. The van der Waals surface area contributed by atoms with Crippen LogP contribution in [0.15, 0.2) is 66.7 Å². The van der Waals surface area contributed by atoms with Gasteiger partial charge in [-0.1, -0.05) is 48.5 Å². The quantitative estimate of drug-likeness (QED) is 0.319. The summed E-state index contributed by atoms with van der Waals surface area (Å²) >= 11 is 2.05. The fourth-order valence-corrected chi connectivity index (χ4v) is 4.70. The van der Waals surface area contributed by atoms with Gasteiger partial charge in [0.05, 0.1) is 5.41 Å². The molecule has 0 aromatic heterocycles. The van der Waals surface area contributed by atoms with Gasteiger partial charge in [0.2, 0.25) is 0 Å². The molecular weight excluding hydrogens is 559 g/mol. The molecule has 1 aliphatic rings. The van der Waals surface area contributed by atoms with Crippen molar-refractivity contribution in [2.75, 3.05) is 18.5 Å². The van der Waals surface area contributed by atoms with E-state index >= 15 is 0 Å². The second-order valence-corrected chi connectivity index (χ2v) is 10.3. The minimum absolute atomic E-state index is 0.0260. The molecule has 0 fully saturated rings. The van der Waals surface area contributed by atoms with Gasteiger partial charge in [0, 0.05) is 27.3 Å². The fourth-order valence-electron chi connectivity index (χ4n) is 4.02. The van der Waals surface area contributed by atoms with Gasteiger partial charge in [-0.25, -0.2) is 4.79 Å². The van der Waals surface area contributed by atoms with Crippen LogP contribution in [-0.4, -0.2) is 36.2 Å². The second kappa shape index (κ2) is 10.1.